The van der Waals surface area contributed by atoms with Gasteiger partial charge < -0.3 is 10.6 Å². The maximum atomic E-state index is 13.5. The van der Waals surface area contributed by atoms with E-state index in [0.29, 0.717) is 11.3 Å². The van der Waals surface area contributed by atoms with Crippen molar-refractivity contribution < 1.29 is 9.59 Å². The predicted octanol–water partition coefficient (Wildman–Crippen LogP) is 3.93. The first-order valence-corrected chi connectivity index (χ1v) is 8.59. The van der Waals surface area contributed by atoms with Gasteiger partial charge in [0.25, 0.3) is 5.91 Å². The van der Waals surface area contributed by atoms with E-state index in [1.807, 2.05) is 78.9 Å². The molecule has 2 unspecified atom stereocenters. The molecule has 0 saturated heterocycles. The summed E-state index contributed by atoms with van der Waals surface area (Å²) in [6.45, 7) is 0. The molecule has 1 amide bonds. The van der Waals surface area contributed by atoms with Gasteiger partial charge in [-0.1, -0.05) is 60.7 Å². The number of para-hydroxylation sites is 2. The van der Waals surface area contributed by atoms with E-state index in [4.69, 9.17) is 0 Å². The van der Waals surface area contributed by atoms with Crippen LogP contribution in [0.25, 0.3) is 0 Å². The van der Waals surface area contributed by atoms with Gasteiger partial charge in [0.2, 0.25) is 0 Å². The van der Waals surface area contributed by atoms with E-state index in [1.54, 1.807) is 0 Å². The molecular formula is C22H16N2O2. The van der Waals surface area contributed by atoms with Crippen LogP contribution in [0, 0.1) is 0 Å². The Kier molecular flexibility index (Phi) is 3.04. The van der Waals surface area contributed by atoms with Gasteiger partial charge in [-0.05, 0) is 23.8 Å². The molecule has 3 aromatic rings. The predicted molar refractivity (Wildman–Crippen MR) is 100 cm³/mol. The van der Waals surface area contributed by atoms with Crippen LogP contribution in [-0.2, 0) is 10.3 Å². The second kappa shape index (κ2) is 5.30. The summed E-state index contributed by atoms with van der Waals surface area (Å²) in [5.41, 5.74) is 2.54. The Labute approximate surface area is 150 Å². The first kappa shape index (κ1) is 14.9. The number of hydrogen-bond acceptors (Lipinski definition) is 3. The number of hydrogen-bond donors (Lipinski definition) is 2. The van der Waals surface area contributed by atoms with Gasteiger partial charge in [-0.25, -0.2) is 0 Å². The van der Waals surface area contributed by atoms with Crippen molar-refractivity contribution in [3.63, 3.8) is 0 Å². The lowest BCUT2D eigenvalue weighted by atomic mass is 9.69. The van der Waals surface area contributed by atoms with Gasteiger partial charge in [-0.15, -0.1) is 0 Å². The molecule has 4 nitrogen and oxygen atoms in total. The largest absolute Gasteiger partial charge is 0.366 e. The number of ketones is 1. The average molecular weight is 340 g/mol. The van der Waals surface area contributed by atoms with Crippen LogP contribution in [-0.4, -0.2) is 11.7 Å². The number of anilines is 2. The minimum atomic E-state index is -1.15. The standard InChI is InChI=1S/C22H16N2O2/c25-20-15-10-4-6-12-17(15)24-22(19(20)14-8-2-1-3-9-14)16-11-5-7-13-18(16)23-21(22)26/h1-13,19,24H,(H,23,26). The topological polar surface area (TPSA) is 58.2 Å². The molecular weight excluding hydrogens is 324 g/mol. The highest BCUT2D eigenvalue weighted by Crippen LogP contribution is 2.51. The van der Waals surface area contributed by atoms with Gasteiger partial charge in [0.1, 0.15) is 0 Å². The summed E-state index contributed by atoms with van der Waals surface area (Å²) in [5, 5.41) is 6.38. The van der Waals surface area contributed by atoms with E-state index in [0.717, 1.165) is 16.8 Å². The molecule has 4 heteroatoms. The summed E-state index contributed by atoms with van der Waals surface area (Å²) in [6, 6.07) is 24.5. The Morgan fingerprint density at radius 3 is 2.19 bits per heavy atom. The van der Waals surface area contributed by atoms with Crippen LogP contribution in [0.5, 0.6) is 0 Å². The van der Waals surface area contributed by atoms with Crippen molar-refractivity contribution in [2.24, 2.45) is 0 Å². The van der Waals surface area contributed by atoms with E-state index in [2.05, 4.69) is 10.6 Å². The highest BCUT2D eigenvalue weighted by molar-refractivity contribution is 6.18. The molecule has 2 heterocycles. The van der Waals surface area contributed by atoms with Crippen LogP contribution < -0.4 is 10.6 Å². The minimum absolute atomic E-state index is 0.0441. The summed E-state index contributed by atoms with van der Waals surface area (Å²) in [5.74, 6) is -0.880. The van der Waals surface area contributed by atoms with Gasteiger partial charge in [0, 0.05) is 22.5 Å². The fraction of sp³-hybridized carbons (Fsp3) is 0.0909. The first-order valence-electron chi connectivity index (χ1n) is 8.59. The summed E-state index contributed by atoms with van der Waals surface area (Å²) in [4.78, 5) is 26.7. The highest BCUT2D eigenvalue weighted by Gasteiger charge is 2.58. The van der Waals surface area contributed by atoms with Crippen LogP contribution in [0.1, 0.15) is 27.4 Å². The van der Waals surface area contributed by atoms with E-state index < -0.39 is 11.5 Å². The summed E-state index contributed by atoms with van der Waals surface area (Å²) < 4.78 is 0. The molecule has 2 aliphatic heterocycles. The Hall–Kier alpha value is -3.40. The van der Waals surface area contributed by atoms with Gasteiger partial charge in [0.15, 0.2) is 11.3 Å². The zero-order valence-electron chi connectivity index (χ0n) is 13.9. The number of fused-ring (bicyclic) bond motifs is 3. The van der Waals surface area contributed by atoms with Crippen molar-refractivity contribution >= 4 is 23.1 Å². The van der Waals surface area contributed by atoms with Crippen LogP contribution in [0.15, 0.2) is 78.9 Å². The second-order valence-corrected chi connectivity index (χ2v) is 6.69. The molecule has 5 rings (SSSR count). The molecule has 1 spiro atoms. The number of nitrogens with one attached hydrogen (secondary N) is 2. The van der Waals surface area contributed by atoms with E-state index in [1.165, 1.54) is 0 Å². The maximum Gasteiger partial charge on any atom is 0.255 e. The Morgan fingerprint density at radius 1 is 0.731 bits per heavy atom. The minimum Gasteiger partial charge on any atom is -0.366 e. The lowest BCUT2D eigenvalue weighted by Gasteiger charge is -2.41. The zero-order valence-corrected chi connectivity index (χ0v) is 13.9. The highest BCUT2D eigenvalue weighted by atomic mass is 16.2. The summed E-state index contributed by atoms with van der Waals surface area (Å²) in [7, 11) is 0. The van der Waals surface area contributed by atoms with Crippen LogP contribution in [0.3, 0.4) is 0 Å². The fourth-order valence-electron chi connectivity index (χ4n) is 4.18. The molecule has 0 saturated carbocycles. The second-order valence-electron chi connectivity index (χ2n) is 6.69. The van der Waals surface area contributed by atoms with Crippen molar-refractivity contribution in [1.82, 2.24) is 0 Å². The fourth-order valence-corrected chi connectivity index (χ4v) is 4.18. The van der Waals surface area contributed by atoms with Crippen molar-refractivity contribution in [2.75, 3.05) is 10.6 Å². The molecule has 3 aromatic carbocycles. The number of benzene rings is 3. The van der Waals surface area contributed by atoms with Crippen molar-refractivity contribution in [3.8, 4) is 0 Å². The maximum absolute atomic E-state index is 13.5. The summed E-state index contributed by atoms with van der Waals surface area (Å²) >= 11 is 0. The third-order valence-electron chi connectivity index (χ3n) is 5.31. The molecule has 0 aliphatic carbocycles. The molecule has 0 fully saturated rings. The third kappa shape index (κ3) is 1.84. The molecule has 2 aliphatic rings. The molecule has 2 N–H and O–H groups in total. The SMILES string of the molecule is O=C1c2ccccc2NC2(C(=O)Nc3ccccc32)C1c1ccccc1. The zero-order chi connectivity index (χ0) is 17.7. The summed E-state index contributed by atoms with van der Waals surface area (Å²) in [6.07, 6.45) is 0. The molecule has 0 bridgehead atoms. The van der Waals surface area contributed by atoms with Gasteiger partial charge in [-0.2, -0.15) is 0 Å². The Balaban J connectivity index is 1.83. The molecule has 26 heavy (non-hydrogen) atoms. The molecule has 0 radical (unpaired) electrons. The van der Waals surface area contributed by atoms with Crippen molar-refractivity contribution in [2.45, 2.75) is 11.5 Å². The molecule has 126 valence electrons. The molecule has 0 aromatic heterocycles. The number of amides is 1. The number of rotatable bonds is 1. The first-order chi connectivity index (χ1) is 12.7. The average Bonchev–Trinajstić information content (AvgIpc) is 2.95. The lowest BCUT2D eigenvalue weighted by molar-refractivity contribution is -0.120. The van der Waals surface area contributed by atoms with E-state index in [-0.39, 0.29) is 11.7 Å². The Morgan fingerprint density at radius 2 is 1.38 bits per heavy atom. The van der Waals surface area contributed by atoms with Gasteiger partial charge >= 0.3 is 0 Å². The normalized spacial score (nSPS) is 23.2. The smallest absolute Gasteiger partial charge is 0.255 e. The van der Waals surface area contributed by atoms with Crippen LogP contribution in [0.4, 0.5) is 11.4 Å². The third-order valence-corrected chi connectivity index (χ3v) is 5.31. The van der Waals surface area contributed by atoms with Gasteiger partial charge in [0.05, 0.1) is 5.92 Å². The van der Waals surface area contributed by atoms with Crippen molar-refractivity contribution in [1.29, 1.82) is 0 Å². The van der Waals surface area contributed by atoms with E-state index >= 15 is 0 Å². The van der Waals surface area contributed by atoms with Crippen LogP contribution >= 0.6 is 0 Å². The van der Waals surface area contributed by atoms with E-state index in [9.17, 15) is 9.59 Å². The quantitative estimate of drug-likeness (QED) is 0.706. The number of carbonyl (C=O) groups excluding carboxylic acids is 2. The lowest BCUT2D eigenvalue weighted by Crippen LogP contribution is -2.52. The number of Topliss-reactive ketones (excluding diaryl/α,β-unsaturated/α-hetero) is 1. The number of carbonyl (C=O) groups is 2. The molecule has 2 atom stereocenters. The van der Waals surface area contributed by atoms with Crippen LogP contribution in [0.2, 0.25) is 0 Å². The Bertz CT molecular complexity index is 1040. The van der Waals surface area contributed by atoms with Gasteiger partial charge in [-0.3, -0.25) is 9.59 Å². The monoisotopic (exact) mass is 340 g/mol. The van der Waals surface area contributed by atoms with Crippen molar-refractivity contribution in [3.05, 3.63) is 95.6 Å².